The van der Waals surface area contributed by atoms with Gasteiger partial charge in [-0.05, 0) is 36.2 Å². The number of aryl methyl sites for hydroxylation is 1. The fourth-order valence-electron chi connectivity index (χ4n) is 1.69. The van der Waals surface area contributed by atoms with Crippen molar-refractivity contribution in [3.63, 3.8) is 0 Å². The maximum Gasteiger partial charge on any atom is 0.255 e. The molecule has 3 rings (SSSR count). The molecule has 7 heteroatoms. The number of nitrogens with zero attached hydrogens (tertiary/aromatic N) is 5. The standard InChI is InChI=1S/C13H9Cl2N5/c1-8-3-4-9(7-10(8)14)11-17-12(15)19-13(18-11)20-6-2-5-16-20/h2-7H,1H3. The fraction of sp³-hybridized carbons (Fsp3) is 0.0769. The molecule has 0 atom stereocenters. The molecule has 0 fully saturated rings. The monoisotopic (exact) mass is 305 g/mol. The predicted molar refractivity (Wildman–Crippen MR) is 77.1 cm³/mol. The summed E-state index contributed by atoms with van der Waals surface area (Å²) < 4.78 is 1.52. The first-order chi connectivity index (χ1) is 9.63. The molecular weight excluding hydrogens is 297 g/mol. The summed E-state index contributed by atoms with van der Waals surface area (Å²) in [5, 5.41) is 4.83. The lowest BCUT2D eigenvalue weighted by Gasteiger charge is -2.05. The molecule has 0 aliphatic heterocycles. The SMILES string of the molecule is Cc1ccc(-c2nc(Cl)nc(-n3cccn3)n2)cc1Cl. The number of rotatable bonds is 2. The average molecular weight is 306 g/mol. The van der Waals surface area contributed by atoms with Crippen LogP contribution in [0.15, 0.2) is 36.7 Å². The second-order valence-corrected chi connectivity index (χ2v) is 4.89. The molecule has 2 aromatic heterocycles. The minimum absolute atomic E-state index is 0.109. The molecule has 0 unspecified atom stereocenters. The Labute approximate surface area is 125 Å². The summed E-state index contributed by atoms with van der Waals surface area (Å²) in [6, 6.07) is 7.37. The molecule has 3 aromatic rings. The molecule has 0 amide bonds. The molecule has 1 aromatic carbocycles. The van der Waals surface area contributed by atoms with Crippen molar-refractivity contribution in [2.75, 3.05) is 0 Å². The minimum Gasteiger partial charge on any atom is -0.206 e. The van der Waals surface area contributed by atoms with Gasteiger partial charge < -0.3 is 0 Å². The van der Waals surface area contributed by atoms with Crippen LogP contribution in [0.4, 0.5) is 0 Å². The van der Waals surface area contributed by atoms with Crippen LogP contribution in [-0.4, -0.2) is 24.7 Å². The Hall–Kier alpha value is -1.98. The van der Waals surface area contributed by atoms with E-state index in [1.165, 1.54) is 4.68 Å². The van der Waals surface area contributed by atoms with Gasteiger partial charge in [-0.25, -0.2) is 4.68 Å². The summed E-state index contributed by atoms with van der Waals surface area (Å²) in [4.78, 5) is 12.5. The maximum absolute atomic E-state index is 6.12. The van der Waals surface area contributed by atoms with Gasteiger partial charge in [0.05, 0.1) is 0 Å². The molecule has 5 nitrogen and oxygen atoms in total. The molecule has 0 N–H and O–H groups in total. The van der Waals surface area contributed by atoms with Gasteiger partial charge in [0.15, 0.2) is 5.82 Å². The van der Waals surface area contributed by atoms with E-state index in [0.29, 0.717) is 16.8 Å². The smallest absolute Gasteiger partial charge is 0.206 e. The van der Waals surface area contributed by atoms with Gasteiger partial charge in [-0.2, -0.15) is 20.1 Å². The van der Waals surface area contributed by atoms with Crippen LogP contribution < -0.4 is 0 Å². The van der Waals surface area contributed by atoms with Gasteiger partial charge >= 0.3 is 0 Å². The normalized spacial score (nSPS) is 10.8. The van der Waals surface area contributed by atoms with Crippen LogP contribution in [0.5, 0.6) is 0 Å². The Bertz CT molecular complexity index is 755. The minimum atomic E-state index is 0.109. The summed E-state index contributed by atoms with van der Waals surface area (Å²) in [5.41, 5.74) is 1.76. The second kappa shape index (κ2) is 5.19. The topological polar surface area (TPSA) is 56.5 Å². The summed E-state index contributed by atoms with van der Waals surface area (Å²) >= 11 is 12.1. The Morgan fingerprint density at radius 1 is 1.10 bits per heavy atom. The van der Waals surface area contributed by atoms with Crippen molar-refractivity contribution in [2.45, 2.75) is 6.92 Å². The Morgan fingerprint density at radius 3 is 2.65 bits per heavy atom. The number of halogens is 2. The molecule has 20 heavy (non-hydrogen) atoms. The third kappa shape index (κ3) is 2.50. The molecule has 0 spiro atoms. The summed E-state index contributed by atoms with van der Waals surface area (Å²) in [5.74, 6) is 0.819. The van der Waals surface area contributed by atoms with E-state index in [-0.39, 0.29) is 5.28 Å². The molecule has 0 aliphatic rings. The predicted octanol–water partition coefficient (Wildman–Crippen LogP) is 3.34. The largest absolute Gasteiger partial charge is 0.255 e. The molecule has 0 aliphatic carbocycles. The molecule has 2 heterocycles. The lowest BCUT2D eigenvalue weighted by molar-refractivity contribution is 0.798. The van der Waals surface area contributed by atoms with E-state index in [0.717, 1.165) is 11.1 Å². The first-order valence-corrected chi connectivity index (χ1v) is 6.57. The van der Waals surface area contributed by atoms with Crippen LogP contribution in [0.2, 0.25) is 10.3 Å². The van der Waals surface area contributed by atoms with Crippen molar-refractivity contribution >= 4 is 23.2 Å². The molecule has 0 bridgehead atoms. The summed E-state index contributed by atoms with van der Waals surface area (Å²) in [6.45, 7) is 1.93. The summed E-state index contributed by atoms with van der Waals surface area (Å²) in [6.07, 6.45) is 3.37. The maximum atomic E-state index is 6.12. The van der Waals surface area contributed by atoms with Crippen molar-refractivity contribution in [3.05, 3.63) is 52.5 Å². The molecule has 100 valence electrons. The van der Waals surface area contributed by atoms with E-state index in [2.05, 4.69) is 20.1 Å². The summed E-state index contributed by atoms with van der Waals surface area (Å²) in [7, 11) is 0. The van der Waals surface area contributed by atoms with Gasteiger partial charge in [0, 0.05) is 23.0 Å². The quantitative estimate of drug-likeness (QED) is 0.728. The van der Waals surface area contributed by atoms with Crippen LogP contribution in [0.3, 0.4) is 0 Å². The lowest BCUT2D eigenvalue weighted by atomic mass is 10.1. The van der Waals surface area contributed by atoms with Crippen LogP contribution >= 0.6 is 23.2 Å². The van der Waals surface area contributed by atoms with Crippen LogP contribution in [-0.2, 0) is 0 Å². The fourth-order valence-corrected chi connectivity index (χ4v) is 2.03. The van der Waals surface area contributed by atoms with Gasteiger partial charge in [-0.1, -0.05) is 23.7 Å². The Kier molecular flexibility index (Phi) is 3.38. The number of hydrogen-bond acceptors (Lipinski definition) is 4. The highest BCUT2D eigenvalue weighted by Gasteiger charge is 2.10. The highest BCUT2D eigenvalue weighted by atomic mass is 35.5. The Morgan fingerprint density at radius 2 is 1.95 bits per heavy atom. The van der Waals surface area contributed by atoms with Crippen molar-refractivity contribution in [2.24, 2.45) is 0 Å². The number of benzene rings is 1. The van der Waals surface area contributed by atoms with Gasteiger partial charge in [-0.15, -0.1) is 0 Å². The van der Waals surface area contributed by atoms with E-state index < -0.39 is 0 Å². The molecule has 0 saturated heterocycles. The molecule has 0 saturated carbocycles. The van der Waals surface area contributed by atoms with Crippen molar-refractivity contribution in [3.8, 4) is 17.3 Å². The van der Waals surface area contributed by atoms with Gasteiger partial charge in [0.25, 0.3) is 5.95 Å². The van der Waals surface area contributed by atoms with Gasteiger partial charge in [0.1, 0.15) is 0 Å². The van der Waals surface area contributed by atoms with E-state index >= 15 is 0 Å². The van der Waals surface area contributed by atoms with Gasteiger partial charge in [-0.3, -0.25) is 0 Å². The van der Waals surface area contributed by atoms with E-state index in [4.69, 9.17) is 23.2 Å². The molecule has 0 radical (unpaired) electrons. The van der Waals surface area contributed by atoms with Crippen molar-refractivity contribution in [1.82, 2.24) is 24.7 Å². The highest BCUT2D eigenvalue weighted by Crippen LogP contribution is 2.23. The van der Waals surface area contributed by atoms with Crippen LogP contribution in [0.1, 0.15) is 5.56 Å². The van der Waals surface area contributed by atoms with Crippen molar-refractivity contribution < 1.29 is 0 Å². The number of aromatic nitrogens is 5. The second-order valence-electron chi connectivity index (χ2n) is 4.14. The first kappa shape index (κ1) is 13.0. The average Bonchev–Trinajstić information content (AvgIpc) is 2.95. The Balaban J connectivity index is 2.12. The third-order valence-electron chi connectivity index (χ3n) is 2.74. The van der Waals surface area contributed by atoms with Crippen LogP contribution in [0, 0.1) is 6.92 Å². The zero-order chi connectivity index (χ0) is 14.1. The third-order valence-corrected chi connectivity index (χ3v) is 3.31. The van der Waals surface area contributed by atoms with E-state index in [1.807, 2.05) is 19.1 Å². The zero-order valence-electron chi connectivity index (χ0n) is 10.5. The lowest BCUT2D eigenvalue weighted by Crippen LogP contribution is -2.05. The van der Waals surface area contributed by atoms with Crippen molar-refractivity contribution in [1.29, 1.82) is 0 Å². The first-order valence-electron chi connectivity index (χ1n) is 5.81. The van der Waals surface area contributed by atoms with Crippen LogP contribution in [0.25, 0.3) is 17.3 Å². The molecular formula is C13H9Cl2N5. The van der Waals surface area contributed by atoms with E-state index in [9.17, 15) is 0 Å². The highest BCUT2D eigenvalue weighted by molar-refractivity contribution is 6.31. The number of hydrogen-bond donors (Lipinski definition) is 0. The van der Waals surface area contributed by atoms with E-state index in [1.54, 1.807) is 24.5 Å². The van der Waals surface area contributed by atoms with Gasteiger partial charge in [0.2, 0.25) is 5.28 Å². The zero-order valence-corrected chi connectivity index (χ0v) is 12.0.